The predicted octanol–water partition coefficient (Wildman–Crippen LogP) is 3.81. The Kier molecular flexibility index (Phi) is 3.37. The molecule has 0 spiro atoms. The average molecular weight is 273 g/mol. The van der Waals surface area contributed by atoms with Crippen molar-refractivity contribution in [2.45, 2.75) is 12.9 Å². The topological polar surface area (TPSA) is 50.2 Å². The molecule has 0 unspecified atom stereocenters. The summed E-state index contributed by atoms with van der Waals surface area (Å²) in [6.07, 6.45) is -6.43. The number of benzene rings is 1. The second-order valence-corrected chi connectivity index (χ2v) is 3.71. The van der Waals surface area contributed by atoms with Crippen LogP contribution in [0.3, 0.4) is 0 Å². The molecule has 0 bridgehead atoms. The van der Waals surface area contributed by atoms with E-state index < -0.39 is 35.6 Å². The van der Waals surface area contributed by atoms with Gasteiger partial charge in [0.15, 0.2) is 0 Å². The fourth-order valence-corrected chi connectivity index (χ4v) is 1.87. The number of alkyl halides is 4. The van der Waals surface area contributed by atoms with Gasteiger partial charge in [-0.2, -0.15) is 0 Å². The van der Waals surface area contributed by atoms with Gasteiger partial charge in [0.05, 0.1) is 11.1 Å². The Morgan fingerprint density at radius 1 is 1.11 bits per heavy atom. The number of nitrogens with zero attached hydrogens (tertiary/aromatic N) is 1. The highest BCUT2D eigenvalue weighted by Crippen LogP contribution is 2.35. The molecule has 1 aromatic carbocycles. The molecule has 0 aliphatic rings. The van der Waals surface area contributed by atoms with Crippen LogP contribution in [0.25, 0.3) is 10.9 Å². The molecule has 100 valence electrons. The molecule has 0 fully saturated rings. The van der Waals surface area contributed by atoms with Crippen molar-refractivity contribution in [1.82, 2.24) is 4.98 Å². The average Bonchev–Trinajstić information content (AvgIpc) is 2.35. The number of carboxylic acids is 1. The van der Waals surface area contributed by atoms with Gasteiger partial charge in [-0.05, 0) is 6.07 Å². The number of aromatic nitrogens is 1. The molecule has 0 radical (unpaired) electrons. The lowest BCUT2D eigenvalue weighted by Gasteiger charge is -2.13. The Morgan fingerprint density at radius 3 is 2.26 bits per heavy atom. The normalized spacial score (nSPS) is 11.5. The van der Waals surface area contributed by atoms with E-state index in [4.69, 9.17) is 5.11 Å². The molecule has 1 heterocycles. The third kappa shape index (κ3) is 2.23. The standard InChI is InChI=1S/C12H7F4NO2/c13-10(14)7-5-3-1-2-4-6(5)17-9(11(15)16)8(7)12(18)19/h1-4,10-11H,(H,18,19). The van der Waals surface area contributed by atoms with Gasteiger partial charge < -0.3 is 5.11 Å². The molecular weight excluding hydrogens is 266 g/mol. The molecule has 2 rings (SSSR count). The Hall–Kier alpha value is -2.18. The maximum absolute atomic E-state index is 13.0. The first kappa shape index (κ1) is 13.3. The smallest absolute Gasteiger partial charge is 0.338 e. The second-order valence-electron chi connectivity index (χ2n) is 3.71. The van der Waals surface area contributed by atoms with E-state index in [1.54, 1.807) is 0 Å². The maximum Gasteiger partial charge on any atom is 0.338 e. The zero-order valence-electron chi connectivity index (χ0n) is 9.28. The summed E-state index contributed by atoms with van der Waals surface area (Å²) in [5.74, 6) is -1.84. The number of carbonyl (C=O) groups is 1. The van der Waals surface area contributed by atoms with Crippen LogP contribution in [-0.2, 0) is 0 Å². The molecule has 0 amide bonds. The number of hydrogen-bond donors (Lipinski definition) is 1. The van der Waals surface area contributed by atoms with Crippen molar-refractivity contribution < 1.29 is 27.5 Å². The number of halogens is 4. The van der Waals surface area contributed by atoms with Crippen LogP contribution >= 0.6 is 0 Å². The Morgan fingerprint density at radius 2 is 1.74 bits per heavy atom. The van der Waals surface area contributed by atoms with Crippen molar-refractivity contribution in [3.8, 4) is 0 Å². The minimum absolute atomic E-state index is 0.0851. The van der Waals surface area contributed by atoms with Gasteiger partial charge in [-0.3, -0.25) is 0 Å². The van der Waals surface area contributed by atoms with E-state index in [2.05, 4.69) is 4.98 Å². The van der Waals surface area contributed by atoms with Crippen LogP contribution in [-0.4, -0.2) is 16.1 Å². The molecule has 0 atom stereocenters. The van der Waals surface area contributed by atoms with Gasteiger partial charge in [-0.15, -0.1) is 0 Å². The van der Waals surface area contributed by atoms with Crippen molar-refractivity contribution in [2.75, 3.05) is 0 Å². The Labute approximate surface area is 104 Å². The van der Waals surface area contributed by atoms with E-state index in [1.165, 1.54) is 24.3 Å². The van der Waals surface area contributed by atoms with E-state index in [0.717, 1.165) is 0 Å². The van der Waals surface area contributed by atoms with Gasteiger partial charge in [-0.25, -0.2) is 27.3 Å². The molecule has 0 saturated carbocycles. The Bertz CT molecular complexity index is 643. The van der Waals surface area contributed by atoms with E-state index in [9.17, 15) is 22.4 Å². The highest BCUT2D eigenvalue weighted by molar-refractivity contribution is 5.97. The summed E-state index contributed by atoms with van der Waals surface area (Å²) in [7, 11) is 0. The molecule has 1 N–H and O–H groups in total. The van der Waals surface area contributed by atoms with Crippen molar-refractivity contribution in [2.24, 2.45) is 0 Å². The van der Waals surface area contributed by atoms with E-state index in [-0.39, 0.29) is 10.9 Å². The van der Waals surface area contributed by atoms with Crippen LogP contribution in [0.1, 0.15) is 34.5 Å². The molecule has 19 heavy (non-hydrogen) atoms. The highest BCUT2D eigenvalue weighted by atomic mass is 19.3. The van der Waals surface area contributed by atoms with E-state index >= 15 is 0 Å². The van der Waals surface area contributed by atoms with Gasteiger partial charge >= 0.3 is 5.97 Å². The SMILES string of the molecule is O=C(O)c1c(C(F)F)nc2ccccc2c1C(F)F. The number of hydrogen-bond acceptors (Lipinski definition) is 2. The fraction of sp³-hybridized carbons (Fsp3) is 0.167. The zero-order chi connectivity index (χ0) is 14.2. The van der Waals surface area contributed by atoms with Crippen molar-refractivity contribution in [3.05, 3.63) is 41.1 Å². The molecule has 3 nitrogen and oxygen atoms in total. The van der Waals surface area contributed by atoms with Gasteiger partial charge in [-0.1, -0.05) is 18.2 Å². The number of rotatable bonds is 3. The van der Waals surface area contributed by atoms with Gasteiger partial charge in [0.1, 0.15) is 5.69 Å². The summed E-state index contributed by atoms with van der Waals surface area (Å²) in [5.41, 5.74) is -3.27. The van der Waals surface area contributed by atoms with Crippen LogP contribution in [0.2, 0.25) is 0 Å². The highest BCUT2D eigenvalue weighted by Gasteiger charge is 2.29. The molecule has 1 aromatic heterocycles. The first-order valence-corrected chi connectivity index (χ1v) is 5.15. The third-order valence-electron chi connectivity index (χ3n) is 2.60. The minimum Gasteiger partial charge on any atom is -0.478 e. The van der Waals surface area contributed by atoms with Gasteiger partial charge in [0, 0.05) is 10.9 Å². The van der Waals surface area contributed by atoms with Crippen LogP contribution < -0.4 is 0 Å². The first-order valence-electron chi connectivity index (χ1n) is 5.15. The summed E-state index contributed by atoms with van der Waals surface area (Å²) >= 11 is 0. The molecular formula is C12H7F4NO2. The second kappa shape index (κ2) is 4.83. The van der Waals surface area contributed by atoms with Crippen LogP contribution in [0, 0.1) is 0 Å². The number of fused-ring (bicyclic) bond motifs is 1. The van der Waals surface area contributed by atoms with Crippen molar-refractivity contribution in [3.63, 3.8) is 0 Å². The molecule has 2 aromatic rings. The summed E-state index contributed by atoms with van der Waals surface area (Å²) in [5, 5.41) is 8.76. The quantitative estimate of drug-likeness (QED) is 0.865. The Balaban J connectivity index is 2.96. The van der Waals surface area contributed by atoms with Gasteiger partial charge in [0.2, 0.25) is 0 Å². The van der Waals surface area contributed by atoms with Crippen LogP contribution in [0.4, 0.5) is 17.6 Å². The van der Waals surface area contributed by atoms with E-state index in [0.29, 0.717) is 0 Å². The maximum atomic E-state index is 13.0. The summed E-state index contributed by atoms with van der Waals surface area (Å²) < 4.78 is 51.6. The molecule has 0 aliphatic carbocycles. The van der Waals surface area contributed by atoms with Crippen molar-refractivity contribution in [1.29, 1.82) is 0 Å². The van der Waals surface area contributed by atoms with Crippen LogP contribution in [0.15, 0.2) is 24.3 Å². The lowest BCUT2D eigenvalue weighted by atomic mass is 10.0. The number of para-hydroxylation sites is 1. The molecule has 7 heteroatoms. The number of carboxylic acid groups (broad SMARTS) is 1. The summed E-state index contributed by atoms with van der Waals surface area (Å²) in [4.78, 5) is 14.5. The third-order valence-corrected chi connectivity index (χ3v) is 2.60. The van der Waals surface area contributed by atoms with Gasteiger partial charge in [0.25, 0.3) is 12.9 Å². The van der Waals surface area contributed by atoms with Crippen LogP contribution in [0.5, 0.6) is 0 Å². The minimum atomic E-state index is -3.24. The lowest BCUT2D eigenvalue weighted by molar-refractivity contribution is 0.0669. The molecule has 0 saturated heterocycles. The first-order chi connectivity index (χ1) is 8.93. The zero-order valence-corrected chi connectivity index (χ0v) is 9.28. The summed E-state index contributed by atoms with van der Waals surface area (Å²) in [6, 6.07) is 5.36. The monoisotopic (exact) mass is 273 g/mol. The largest absolute Gasteiger partial charge is 0.478 e. The summed E-state index contributed by atoms with van der Waals surface area (Å²) in [6.45, 7) is 0. The molecule has 0 aliphatic heterocycles. The lowest BCUT2D eigenvalue weighted by Crippen LogP contribution is -2.11. The number of pyridine rings is 1. The van der Waals surface area contributed by atoms with Crippen molar-refractivity contribution >= 4 is 16.9 Å². The predicted molar refractivity (Wildman–Crippen MR) is 58.6 cm³/mol. The number of aromatic carboxylic acids is 1. The fourth-order valence-electron chi connectivity index (χ4n) is 1.87. The van der Waals surface area contributed by atoms with E-state index in [1.807, 2.05) is 0 Å².